The number of thioether (sulfide) groups is 1. The number of hydrogen-bond acceptors (Lipinski definition) is 5. The molecule has 0 amide bonds. The Morgan fingerprint density at radius 3 is 2.53 bits per heavy atom. The summed E-state index contributed by atoms with van der Waals surface area (Å²) in [7, 11) is 0. The number of ketones is 1. The van der Waals surface area contributed by atoms with Crippen molar-refractivity contribution in [3.8, 4) is 6.07 Å². The first-order chi connectivity index (χ1) is 18.3. The Balaban J connectivity index is 1.63. The Morgan fingerprint density at radius 2 is 1.82 bits per heavy atom. The van der Waals surface area contributed by atoms with Gasteiger partial charge in [0, 0.05) is 38.5 Å². The van der Waals surface area contributed by atoms with Crippen molar-refractivity contribution in [2.45, 2.75) is 56.6 Å². The maximum absolute atomic E-state index is 13.6. The molecular weight excluding hydrogens is 554 g/mol. The molecule has 1 atom stereocenters. The van der Waals surface area contributed by atoms with E-state index >= 15 is 0 Å². The first kappa shape index (κ1) is 26.3. The Labute approximate surface area is 237 Å². The lowest BCUT2D eigenvalue weighted by Crippen LogP contribution is -2.39. The molecule has 1 unspecified atom stereocenters. The minimum Gasteiger partial charge on any atom is -0.384 e. The molecule has 3 aromatic rings. The lowest BCUT2D eigenvalue weighted by atomic mass is 9.73. The number of hydrogen-bond donors (Lipinski definition) is 1. The molecule has 4 nitrogen and oxygen atoms in total. The summed E-state index contributed by atoms with van der Waals surface area (Å²) in [5.74, 6) is 0.851. The molecule has 0 saturated heterocycles. The van der Waals surface area contributed by atoms with Crippen LogP contribution in [0.1, 0.15) is 53.0 Å². The van der Waals surface area contributed by atoms with Crippen molar-refractivity contribution in [2.24, 2.45) is 5.73 Å². The van der Waals surface area contributed by atoms with E-state index in [0.717, 1.165) is 51.1 Å². The first-order valence-electron chi connectivity index (χ1n) is 12.8. The third-order valence-electron chi connectivity index (χ3n) is 7.41. The quantitative estimate of drug-likeness (QED) is 0.308. The normalized spacial score (nSPS) is 17.5. The lowest BCUT2D eigenvalue weighted by Gasteiger charge is -2.40. The van der Waals surface area contributed by atoms with Crippen molar-refractivity contribution >= 4 is 39.2 Å². The summed E-state index contributed by atoms with van der Waals surface area (Å²) in [6.07, 6.45) is 2.00. The van der Waals surface area contributed by atoms with Gasteiger partial charge in [0.25, 0.3) is 0 Å². The second-order valence-corrected chi connectivity index (χ2v) is 12.0. The predicted molar refractivity (Wildman–Crippen MR) is 159 cm³/mol. The van der Waals surface area contributed by atoms with Crippen LogP contribution in [0.15, 0.2) is 92.7 Å². The second kappa shape index (κ2) is 10.8. The van der Waals surface area contributed by atoms with Gasteiger partial charge in [-0.1, -0.05) is 57.4 Å². The molecule has 0 spiro atoms. The highest BCUT2D eigenvalue weighted by molar-refractivity contribution is 9.10. The summed E-state index contributed by atoms with van der Waals surface area (Å²) in [5.41, 5.74) is 15.4. The van der Waals surface area contributed by atoms with Crippen molar-refractivity contribution in [3.63, 3.8) is 0 Å². The van der Waals surface area contributed by atoms with Gasteiger partial charge in [-0.2, -0.15) is 5.26 Å². The molecule has 6 heteroatoms. The number of nitrogens with two attached hydrogens (primary N) is 1. The summed E-state index contributed by atoms with van der Waals surface area (Å²) in [6.45, 7) is 6.28. The number of carbonyl (C=O) groups excluding carboxylic acids is 1. The topological polar surface area (TPSA) is 70.1 Å². The number of carbonyl (C=O) groups is 1. The van der Waals surface area contributed by atoms with Crippen LogP contribution in [0, 0.1) is 32.1 Å². The van der Waals surface area contributed by atoms with Crippen molar-refractivity contribution in [3.05, 3.63) is 116 Å². The van der Waals surface area contributed by atoms with Gasteiger partial charge in [0.05, 0.1) is 17.6 Å². The summed E-state index contributed by atoms with van der Waals surface area (Å²) in [6, 6.07) is 23.2. The van der Waals surface area contributed by atoms with Crippen LogP contribution >= 0.6 is 27.7 Å². The minimum absolute atomic E-state index is 0.105. The maximum Gasteiger partial charge on any atom is 0.161 e. The fourth-order valence-corrected chi connectivity index (χ4v) is 6.85. The number of rotatable bonds is 5. The molecule has 0 aromatic heterocycles. The predicted octanol–water partition coefficient (Wildman–Crippen LogP) is 7.97. The average molecular weight is 585 g/mol. The largest absolute Gasteiger partial charge is 0.384 e. The van der Waals surface area contributed by atoms with Crippen molar-refractivity contribution < 1.29 is 4.79 Å². The van der Waals surface area contributed by atoms with Crippen molar-refractivity contribution in [2.75, 3.05) is 4.90 Å². The molecule has 2 aliphatic rings. The molecule has 0 saturated carbocycles. The van der Waals surface area contributed by atoms with Gasteiger partial charge >= 0.3 is 0 Å². The van der Waals surface area contributed by atoms with E-state index in [-0.39, 0.29) is 5.78 Å². The number of anilines is 1. The van der Waals surface area contributed by atoms with E-state index in [1.165, 1.54) is 16.0 Å². The van der Waals surface area contributed by atoms with E-state index in [9.17, 15) is 10.1 Å². The van der Waals surface area contributed by atoms with Crippen LogP contribution in [0.2, 0.25) is 0 Å². The van der Waals surface area contributed by atoms with Gasteiger partial charge in [-0.3, -0.25) is 9.69 Å². The van der Waals surface area contributed by atoms with E-state index in [4.69, 9.17) is 5.73 Å². The molecule has 2 N–H and O–H groups in total. The molecule has 1 aliphatic carbocycles. The summed E-state index contributed by atoms with van der Waals surface area (Å²) in [5, 5.41) is 10.4. The number of halogens is 1. The number of nitriles is 1. The van der Waals surface area contributed by atoms with Gasteiger partial charge in [0.2, 0.25) is 0 Å². The van der Waals surface area contributed by atoms with Crippen LogP contribution in [0.3, 0.4) is 0 Å². The molecule has 3 aromatic carbocycles. The van der Waals surface area contributed by atoms with Gasteiger partial charge in [0.15, 0.2) is 5.78 Å². The van der Waals surface area contributed by atoms with Gasteiger partial charge < -0.3 is 5.73 Å². The molecule has 192 valence electrons. The molecule has 0 radical (unpaired) electrons. The highest BCUT2D eigenvalue weighted by atomic mass is 79.9. The van der Waals surface area contributed by atoms with Gasteiger partial charge in [-0.25, -0.2) is 0 Å². The molecule has 0 fully saturated rings. The molecular formula is C32H30BrN3OS. The maximum atomic E-state index is 13.6. The average Bonchev–Trinajstić information content (AvgIpc) is 2.89. The van der Waals surface area contributed by atoms with Crippen LogP contribution in [0.4, 0.5) is 5.69 Å². The third kappa shape index (κ3) is 4.93. The number of nitrogens with zero attached hydrogens (tertiary/aromatic N) is 2. The van der Waals surface area contributed by atoms with Gasteiger partial charge in [0.1, 0.15) is 5.82 Å². The molecule has 0 bridgehead atoms. The second-order valence-electron chi connectivity index (χ2n) is 10.0. The highest BCUT2D eigenvalue weighted by Gasteiger charge is 2.41. The van der Waals surface area contributed by atoms with E-state index < -0.39 is 5.92 Å². The monoisotopic (exact) mass is 583 g/mol. The van der Waals surface area contributed by atoms with E-state index in [2.05, 4.69) is 79.2 Å². The van der Waals surface area contributed by atoms with Crippen LogP contribution < -0.4 is 10.6 Å². The Hall–Kier alpha value is -3.27. The molecule has 1 aliphatic heterocycles. The zero-order valence-electron chi connectivity index (χ0n) is 21.8. The van der Waals surface area contributed by atoms with E-state index in [1.54, 1.807) is 11.8 Å². The van der Waals surface area contributed by atoms with Crippen LogP contribution in [-0.4, -0.2) is 5.78 Å². The Bertz CT molecular complexity index is 1530. The van der Waals surface area contributed by atoms with E-state index in [0.29, 0.717) is 23.4 Å². The fourth-order valence-electron chi connectivity index (χ4n) is 5.52. The number of benzene rings is 3. The molecule has 1 heterocycles. The molecule has 38 heavy (non-hydrogen) atoms. The van der Waals surface area contributed by atoms with E-state index in [1.807, 2.05) is 29.2 Å². The number of allylic oxidation sites excluding steroid dienone is 3. The van der Waals surface area contributed by atoms with Gasteiger partial charge in [-0.05, 0) is 80.6 Å². The van der Waals surface area contributed by atoms with Crippen LogP contribution in [-0.2, 0) is 10.5 Å². The molecule has 5 rings (SSSR count). The van der Waals surface area contributed by atoms with Gasteiger partial charge in [-0.15, -0.1) is 11.8 Å². The summed E-state index contributed by atoms with van der Waals surface area (Å²) < 4.78 is 0.915. The Morgan fingerprint density at radius 1 is 1.05 bits per heavy atom. The minimum atomic E-state index is -0.464. The zero-order valence-corrected chi connectivity index (χ0v) is 24.2. The van der Waals surface area contributed by atoms with Crippen LogP contribution in [0.5, 0.6) is 0 Å². The zero-order chi connectivity index (χ0) is 27.0. The number of aryl methyl sites for hydroxylation is 2. The summed E-state index contributed by atoms with van der Waals surface area (Å²) in [4.78, 5) is 16.7. The highest BCUT2D eigenvalue weighted by Crippen LogP contribution is 2.47. The van der Waals surface area contributed by atoms with Crippen molar-refractivity contribution in [1.29, 1.82) is 5.26 Å². The van der Waals surface area contributed by atoms with Crippen LogP contribution in [0.25, 0.3) is 0 Å². The summed E-state index contributed by atoms with van der Waals surface area (Å²) >= 11 is 5.35. The van der Waals surface area contributed by atoms with Crippen molar-refractivity contribution in [1.82, 2.24) is 0 Å². The fraction of sp³-hybridized carbons (Fsp3) is 0.250. The SMILES string of the molecule is Cc1ccc(SCc2cc(C)cc(C3C(C#N)=C(N)N(c4cccc(Br)c4)C4=C3C(=O)CCC4)c2C)cc1. The third-order valence-corrected chi connectivity index (χ3v) is 8.96. The standard InChI is InChI=1S/C32H30BrN3OS/c1-19-10-12-25(13-11-19)38-18-22-14-20(2)15-26(21(22)3)30-27(17-34)32(35)36(24-7-4-6-23(33)16-24)28-8-5-9-29(37)31(28)30/h4,6-7,10-16,30H,5,8-9,18,35H2,1-3H3. The smallest absolute Gasteiger partial charge is 0.161 e. The number of Topliss-reactive ketones (excluding diaryl/α,β-unsaturated/α-hetero) is 1. The Kier molecular flexibility index (Phi) is 7.52. The first-order valence-corrected chi connectivity index (χ1v) is 14.6. The lowest BCUT2D eigenvalue weighted by molar-refractivity contribution is -0.116.